The molecule has 4 nitrogen and oxygen atoms in total. The fourth-order valence-corrected chi connectivity index (χ4v) is 1.66. The van der Waals surface area contributed by atoms with Crippen molar-refractivity contribution < 1.29 is 18.0 Å². The molecule has 0 atom stereocenters. The van der Waals surface area contributed by atoms with Gasteiger partial charge in [-0.25, -0.2) is 0 Å². The van der Waals surface area contributed by atoms with Crippen LogP contribution in [0.1, 0.15) is 25.0 Å². The van der Waals surface area contributed by atoms with E-state index < -0.39 is 11.7 Å². The van der Waals surface area contributed by atoms with E-state index in [1.54, 1.807) is 11.9 Å². The van der Waals surface area contributed by atoms with Gasteiger partial charge < -0.3 is 11.1 Å². The highest BCUT2D eigenvalue weighted by molar-refractivity contribution is 5.92. The maximum Gasteiger partial charge on any atom is 0.416 e. The molecule has 0 fully saturated rings. The number of anilines is 1. The van der Waals surface area contributed by atoms with Crippen LogP contribution in [0.3, 0.4) is 0 Å². The van der Waals surface area contributed by atoms with Crippen molar-refractivity contribution in [3.05, 3.63) is 29.3 Å². The van der Waals surface area contributed by atoms with Gasteiger partial charge in [-0.2, -0.15) is 13.2 Å². The Balaban J connectivity index is 2.90. The van der Waals surface area contributed by atoms with Gasteiger partial charge in [-0.15, -0.1) is 0 Å². The fraction of sp³-hybridized carbons (Fsp3) is 0.500. The molecule has 0 unspecified atom stereocenters. The van der Waals surface area contributed by atoms with E-state index in [-0.39, 0.29) is 30.7 Å². The first-order valence-electron chi connectivity index (χ1n) is 6.54. The molecule has 1 aromatic rings. The van der Waals surface area contributed by atoms with Crippen LogP contribution in [0.4, 0.5) is 18.9 Å². The first-order valence-corrected chi connectivity index (χ1v) is 6.54. The molecule has 0 radical (unpaired) electrons. The molecule has 1 amide bonds. The van der Waals surface area contributed by atoms with Crippen LogP contribution in [-0.2, 0) is 17.5 Å². The lowest BCUT2D eigenvalue weighted by Gasteiger charge is -2.20. The summed E-state index contributed by atoms with van der Waals surface area (Å²) in [6.07, 6.45) is -4.47. The second kappa shape index (κ2) is 6.91. The van der Waals surface area contributed by atoms with Crippen LogP contribution in [0.2, 0.25) is 0 Å². The molecular formula is C14H20F3N3O. The number of nitrogens with zero attached hydrogens (tertiary/aromatic N) is 1. The van der Waals surface area contributed by atoms with Crippen LogP contribution in [0.25, 0.3) is 0 Å². The molecule has 0 heterocycles. The maximum absolute atomic E-state index is 12.8. The van der Waals surface area contributed by atoms with Crippen molar-refractivity contribution in [2.24, 2.45) is 5.73 Å². The van der Waals surface area contributed by atoms with E-state index in [9.17, 15) is 18.0 Å². The number of likely N-dealkylation sites (N-methyl/N-ethyl adjacent to an activating group) is 1. The van der Waals surface area contributed by atoms with Gasteiger partial charge in [0, 0.05) is 18.3 Å². The van der Waals surface area contributed by atoms with Crippen LogP contribution in [0.15, 0.2) is 18.2 Å². The Kier molecular flexibility index (Phi) is 5.74. The largest absolute Gasteiger partial charge is 0.416 e. The molecule has 1 aromatic carbocycles. The fourth-order valence-electron chi connectivity index (χ4n) is 1.66. The van der Waals surface area contributed by atoms with Crippen molar-refractivity contribution >= 4 is 11.6 Å². The first-order chi connectivity index (χ1) is 9.63. The van der Waals surface area contributed by atoms with Crippen molar-refractivity contribution in [1.82, 2.24) is 4.90 Å². The number of carbonyl (C=O) groups excluding carboxylic acids is 1. The van der Waals surface area contributed by atoms with E-state index in [0.29, 0.717) is 5.56 Å². The summed E-state index contributed by atoms with van der Waals surface area (Å²) in [6, 6.07) is 3.50. The molecule has 0 aliphatic rings. The predicted octanol–water partition coefficient (Wildman–Crippen LogP) is 2.44. The molecule has 1 rings (SSSR count). The summed E-state index contributed by atoms with van der Waals surface area (Å²) in [6.45, 7) is 3.92. The quantitative estimate of drug-likeness (QED) is 0.878. The van der Waals surface area contributed by atoms with Crippen molar-refractivity contribution in [3.8, 4) is 0 Å². The van der Waals surface area contributed by atoms with Gasteiger partial charge in [0.15, 0.2) is 0 Å². The molecule has 7 heteroatoms. The monoisotopic (exact) mass is 303 g/mol. The molecule has 21 heavy (non-hydrogen) atoms. The molecule has 3 N–H and O–H groups in total. The number of carbonyl (C=O) groups is 1. The Labute approximate surface area is 122 Å². The average molecular weight is 303 g/mol. The lowest BCUT2D eigenvalue weighted by molar-refractivity contribution is -0.137. The second-order valence-corrected chi connectivity index (χ2v) is 5.18. The highest BCUT2D eigenvalue weighted by Gasteiger charge is 2.31. The lowest BCUT2D eigenvalue weighted by Crippen LogP contribution is -2.34. The minimum Gasteiger partial charge on any atom is -0.326 e. The third kappa shape index (κ3) is 5.35. The molecule has 0 saturated heterocycles. The summed E-state index contributed by atoms with van der Waals surface area (Å²) < 4.78 is 38.3. The average Bonchev–Trinajstić information content (AvgIpc) is 2.36. The van der Waals surface area contributed by atoms with Crippen LogP contribution in [-0.4, -0.2) is 30.4 Å². The third-order valence-corrected chi connectivity index (χ3v) is 3.11. The highest BCUT2D eigenvalue weighted by atomic mass is 19.4. The standard InChI is InChI=1S/C14H20F3N3O/c1-9(2)20(3)8-13(21)19-12-5-10(7-18)4-11(6-12)14(15,16)17/h4-6,9H,7-8,18H2,1-3H3,(H,19,21). The van der Waals surface area contributed by atoms with Crippen molar-refractivity contribution in [3.63, 3.8) is 0 Å². The smallest absolute Gasteiger partial charge is 0.326 e. The van der Waals surface area contributed by atoms with Gasteiger partial charge in [0.1, 0.15) is 0 Å². The number of hydrogen-bond acceptors (Lipinski definition) is 3. The van der Waals surface area contributed by atoms with E-state index >= 15 is 0 Å². The number of nitrogens with two attached hydrogens (primary N) is 1. The molecule has 0 bridgehead atoms. The zero-order valence-electron chi connectivity index (χ0n) is 12.3. The van der Waals surface area contributed by atoms with E-state index in [0.717, 1.165) is 12.1 Å². The summed E-state index contributed by atoms with van der Waals surface area (Å²) in [7, 11) is 1.77. The number of alkyl halides is 3. The van der Waals surface area contributed by atoms with Crippen LogP contribution in [0.5, 0.6) is 0 Å². The number of rotatable bonds is 5. The van der Waals surface area contributed by atoms with Crippen LogP contribution < -0.4 is 11.1 Å². The summed E-state index contributed by atoms with van der Waals surface area (Å²) >= 11 is 0. The highest BCUT2D eigenvalue weighted by Crippen LogP contribution is 2.31. The Bertz CT molecular complexity index is 501. The molecule has 0 aliphatic heterocycles. The van der Waals surface area contributed by atoms with Gasteiger partial charge in [-0.05, 0) is 44.7 Å². The number of nitrogens with one attached hydrogen (secondary N) is 1. The van der Waals surface area contributed by atoms with E-state index in [2.05, 4.69) is 5.32 Å². The second-order valence-electron chi connectivity index (χ2n) is 5.18. The van der Waals surface area contributed by atoms with Gasteiger partial charge in [-0.1, -0.05) is 0 Å². The Hall–Kier alpha value is -1.60. The Morgan fingerprint density at radius 2 is 1.95 bits per heavy atom. The summed E-state index contributed by atoms with van der Waals surface area (Å²) in [5.41, 5.74) is 4.99. The number of hydrogen-bond donors (Lipinski definition) is 2. The minimum atomic E-state index is -4.47. The summed E-state index contributed by atoms with van der Waals surface area (Å²) in [5, 5.41) is 2.48. The Morgan fingerprint density at radius 3 is 2.43 bits per heavy atom. The van der Waals surface area contributed by atoms with Crippen molar-refractivity contribution in [2.75, 3.05) is 18.9 Å². The Morgan fingerprint density at radius 1 is 1.33 bits per heavy atom. The predicted molar refractivity (Wildman–Crippen MR) is 75.7 cm³/mol. The SMILES string of the molecule is CC(C)N(C)CC(=O)Nc1cc(CN)cc(C(F)(F)F)c1. The van der Waals surface area contributed by atoms with Crippen LogP contribution in [0, 0.1) is 0 Å². The normalized spacial score (nSPS) is 12.0. The van der Waals surface area contributed by atoms with Gasteiger partial charge in [-0.3, -0.25) is 9.69 Å². The van der Waals surface area contributed by atoms with Gasteiger partial charge in [0.05, 0.1) is 12.1 Å². The third-order valence-electron chi connectivity index (χ3n) is 3.11. The van der Waals surface area contributed by atoms with Gasteiger partial charge in [0.2, 0.25) is 5.91 Å². The van der Waals surface area contributed by atoms with Crippen molar-refractivity contribution in [1.29, 1.82) is 0 Å². The van der Waals surface area contributed by atoms with E-state index in [4.69, 9.17) is 5.73 Å². The molecule has 0 spiro atoms. The van der Waals surface area contributed by atoms with Gasteiger partial charge >= 0.3 is 6.18 Å². The molecule has 0 aromatic heterocycles. The lowest BCUT2D eigenvalue weighted by atomic mass is 10.1. The number of benzene rings is 1. The van der Waals surface area contributed by atoms with Crippen LogP contribution >= 0.6 is 0 Å². The molecular weight excluding hydrogens is 283 g/mol. The summed E-state index contributed by atoms with van der Waals surface area (Å²) in [4.78, 5) is 13.6. The topological polar surface area (TPSA) is 58.4 Å². The van der Waals surface area contributed by atoms with E-state index in [1.165, 1.54) is 6.07 Å². The molecule has 0 aliphatic carbocycles. The number of amides is 1. The molecule has 0 saturated carbocycles. The minimum absolute atomic E-state index is 0.0291. The number of halogens is 3. The van der Waals surface area contributed by atoms with Crippen molar-refractivity contribution in [2.45, 2.75) is 32.6 Å². The summed E-state index contributed by atoms with van der Waals surface area (Å²) in [5.74, 6) is -0.367. The zero-order chi connectivity index (χ0) is 16.2. The van der Waals surface area contributed by atoms with E-state index in [1.807, 2.05) is 13.8 Å². The first kappa shape index (κ1) is 17.5. The van der Waals surface area contributed by atoms with Gasteiger partial charge in [0.25, 0.3) is 0 Å². The zero-order valence-corrected chi connectivity index (χ0v) is 12.3. The molecule has 118 valence electrons. The maximum atomic E-state index is 12.8.